The molecule has 19 heavy (non-hydrogen) atoms. The summed E-state index contributed by atoms with van der Waals surface area (Å²) < 4.78 is 6.12. The summed E-state index contributed by atoms with van der Waals surface area (Å²) in [4.78, 5) is 0. The van der Waals surface area contributed by atoms with E-state index in [2.05, 4.69) is 39.9 Å². The third-order valence-corrected chi connectivity index (χ3v) is 3.97. The fourth-order valence-electron chi connectivity index (χ4n) is 3.52. The lowest BCUT2D eigenvalue weighted by Gasteiger charge is -2.40. The normalized spacial score (nSPS) is 30.3. The monoisotopic (exact) mass is 271 g/mol. The van der Waals surface area contributed by atoms with Crippen LogP contribution in [0.15, 0.2) is 0 Å². The van der Waals surface area contributed by atoms with Crippen LogP contribution in [0.5, 0.6) is 0 Å². The van der Waals surface area contributed by atoms with Crippen molar-refractivity contribution < 1.29 is 9.84 Å². The highest BCUT2D eigenvalue weighted by Gasteiger charge is 2.34. The molecule has 1 rings (SSSR count). The van der Waals surface area contributed by atoms with Crippen molar-refractivity contribution in [3.63, 3.8) is 0 Å². The lowest BCUT2D eigenvalue weighted by Crippen LogP contribution is -2.53. The van der Waals surface area contributed by atoms with Crippen molar-refractivity contribution in [1.82, 2.24) is 5.32 Å². The summed E-state index contributed by atoms with van der Waals surface area (Å²) in [5, 5.41) is 13.0. The van der Waals surface area contributed by atoms with E-state index in [4.69, 9.17) is 4.74 Å². The van der Waals surface area contributed by atoms with Crippen LogP contribution in [0.4, 0.5) is 0 Å². The SMILES string of the molecule is CC1CC(OCC(C)(CO)NC(C)C)CC(C)(C)C1. The Hall–Kier alpha value is -0.120. The van der Waals surface area contributed by atoms with E-state index in [1.54, 1.807) is 0 Å². The molecule has 1 fully saturated rings. The highest BCUT2D eigenvalue weighted by molar-refractivity contribution is 4.87. The molecule has 0 spiro atoms. The smallest absolute Gasteiger partial charge is 0.0671 e. The van der Waals surface area contributed by atoms with Gasteiger partial charge >= 0.3 is 0 Å². The summed E-state index contributed by atoms with van der Waals surface area (Å²) in [6, 6.07) is 0.350. The Morgan fingerprint density at radius 1 is 1.37 bits per heavy atom. The van der Waals surface area contributed by atoms with Gasteiger partial charge in [-0.1, -0.05) is 34.6 Å². The molecule has 0 bridgehead atoms. The molecule has 3 unspecified atom stereocenters. The summed E-state index contributed by atoms with van der Waals surface area (Å²) in [6.07, 6.45) is 3.89. The summed E-state index contributed by atoms with van der Waals surface area (Å²) in [5.41, 5.74) is 0.0441. The van der Waals surface area contributed by atoms with Gasteiger partial charge in [-0.25, -0.2) is 0 Å². The molecule has 0 aromatic heterocycles. The number of aliphatic hydroxyl groups excluding tert-OH is 1. The Morgan fingerprint density at radius 3 is 2.47 bits per heavy atom. The average Bonchev–Trinajstić information content (AvgIpc) is 2.23. The number of aliphatic hydroxyl groups is 1. The maximum Gasteiger partial charge on any atom is 0.0671 e. The largest absolute Gasteiger partial charge is 0.394 e. The molecular formula is C16H33NO2. The molecule has 0 aromatic carbocycles. The molecule has 0 heterocycles. The van der Waals surface area contributed by atoms with E-state index in [1.165, 1.54) is 6.42 Å². The van der Waals surface area contributed by atoms with Crippen LogP contribution in [0.2, 0.25) is 0 Å². The Morgan fingerprint density at radius 2 is 2.00 bits per heavy atom. The summed E-state index contributed by atoms with van der Waals surface area (Å²) in [5.74, 6) is 0.729. The van der Waals surface area contributed by atoms with E-state index in [9.17, 15) is 5.11 Å². The Balaban J connectivity index is 2.50. The Kier molecular flexibility index (Phi) is 5.84. The van der Waals surface area contributed by atoms with E-state index in [-0.39, 0.29) is 12.1 Å². The van der Waals surface area contributed by atoms with Gasteiger partial charge in [-0.2, -0.15) is 0 Å². The number of hydrogen-bond donors (Lipinski definition) is 2. The van der Waals surface area contributed by atoms with Gasteiger partial charge in [-0.15, -0.1) is 0 Å². The molecule has 1 saturated carbocycles. The zero-order valence-electron chi connectivity index (χ0n) is 13.6. The lowest BCUT2D eigenvalue weighted by atomic mass is 9.71. The highest BCUT2D eigenvalue weighted by Crippen LogP contribution is 2.39. The minimum absolute atomic E-state index is 0.108. The molecule has 3 heteroatoms. The van der Waals surface area contributed by atoms with Gasteiger partial charge < -0.3 is 15.2 Å². The van der Waals surface area contributed by atoms with Crippen LogP contribution < -0.4 is 5.32 Å². The predicted molar refractivity (Wildman–Crippen MR) is 80.3 cm³/mol. The van der Waals surface area contributed by atoms with Crippen LogP contribution in [0.3, 0.4) is 0 Å². The first kappa shape index (κ1) is 16.9. The summed E-state index contributed by atoms with van der Waals surface area (Å²) in [6.45, 7) is 13.9. The molecule has 0 radical (unpaired) electrons. The van der Waals surface area contributed by atoms with Crippen molar-refractivity contribution in [3.05, 3.63) is 0 Å². The molecule has 114 valence electrons. The van der Waals surface area contributed by atoms with Crippen LogP contribution in [0.1, 0.15) is 60.8 Å². The molecule has 0 saturated heterocycles. The van der Waals surface area contributed by atoms with Crippen molar-refractivity contribution in [1.29, 1.82) is 0 Å². The highest BCUT2D eigenvalue weighted by atomic mass is 16.5. The minimum atomic E-state index is -0.334. The number of rotatable bonds is 6. The maximum absolute atomic E-state index is 9.58. The molecule has 3 atom stereocenters. The third kappa shape index (κ3) is 5.80. The average molecular weight is 271 g/mol. The number of hydrogen-bond acceptors (Lipinski definition) is 3. The first-order valence-electron chi connectivity index (χ1n) is 7.66. The lowest BCUT2D eigenvalue weighted by molar-refractivity contribution is -0.0539. The van der Waals surface area contributed by atoms with Gasteiger partial charge in [0.15, 0.2) is 0 Å². The van der Waals surface area contributed by atoms with E-state index < -0.39 is 0 Å². The third-order valence-electron chi connectivity index (χ3n) is 3.97. The molecule has 0 aromatic rings. The Bertz CT molecular complexity index is 278. The predicted octanol–water partition coefficient (Wildman–Crippen LogP) is 2.97. The first-order valence-corrected chi connectivity index (χ1v) is 7.66. The zero-order chi connectivity index (χ0) is 14.7. The van der Waals surface area contributed by atoms with Crippen molar-refractivity contribution >= 4 is 0 Å². The van der Waals surface area contributed by atoms with Gasteiger partial charge in [0, 0.05) is 6.04 Å². The van der Waals surface area contributed by atoms with E-state index in [0.717, 1.165) is 18.8 Å². The summed E-state index contributed by atoms with van der Waals surface area (Å²) in [7, 11) is 0. The molecule has 1 aliphatic carbocycles. The minimum Gasteiger partial charge on any atom is -0.394 e. The van der Waals surface area contributed by atoms with Crippen LogP contribution in [-0.2, 0) is 4.74 Å². The van der Waals surface area contributed by atoms with Crippen LogP contribution >= 0.6 is 0 Å². The van der Waals surface area contributed by atoms with Gasteiger partial charge in [-0.3, -0.25) is 0 Å². The fourth-order valence-corrected chi connectivity index (χ4v) is 3.52. The van der Waals surface area contributed by atoms with Gasteiger partial charge in [0.25, 0.3) is 0 Å². The molecule has 2 N–H and O–H groups in total. The standard InChI is InChI=1S/C16H33NO2/c1-12(2)17-16(6,10-18)11-19-14-7-13(3)8-15(4,5)9-14/h12-14,17-18H,7-11H2,1-6H3. The van der Waals surface area contributed by atoms with Gasteiger partial charge in [0.2, 0.25) is 0 Å². The van der Waals surface area contributed by atoms with Gasteiger partial charge in [-0.05, 0) is 37.5 Å². The first-order chi connectivity index (χ1) is 8.66. The van der Waals surface area contributed by atoms with Crippen molar-refractivity contribution in [2.45, 2.75) is 78.5 Å². The second-order valence-electron chi connectivity index (χ2n) is 7.86. The quantitative estimate of drug-likeness (QED) is 0.780. The number of nitrogens with one attached hydrogen (secondary N) is 1. The van der Waals surface area contributed by atoms with E-state index in [1.807, 2.05) is 6.92 Å². The van der Waals surface area contributed by atoms with Crippen LogP contribution in [-0.4, -0.2) is 36.0 Å². The van der Waals surface area contributed by atoms with Gasteiger partial charge in [0.1, 0.15) is 0 Å². The molecule has 3 nitrogen and oxygen atoms in total. The van der Waals surface area contributed by atoms with E-state index in [0.29, 0.717) is 24.2 Å². The molecule has 1 aliphatic rings. The van der Waals surface area contributed by atoms with Crippen LogP contribution in [0.25, 0.3) is 0 Å². The fraction of sp³-hybridized carbons (Fsp3) is 1.00. The topological polar surface area (TPSA) is 41.5 Å². The second kappa shape index (κ2) is 6.55. The molecule has 0 aliphatic heterocycles. The second-order valence-corrected chi connectivity index (χ2v) is 7.86. The molecular weight excluding hydrogens is 238 g/mol. The van der Waals surface area contributed by atoms with Crippen molar-refractivity contribution in [2.75, 3.05) is 13.2 Å². The van der Waals surface area contributed by atoms with E-state index >= 15 is 0 Å². The van der Waals surface area contributed by atoms with Crippen LogP contribution in [0, 0.1) is 11.3 Å². The van der Waals surface area contributed by atoms with Crippen molar-refractivity contribution in [2.24, 2.45) is 11.3 Å². The zero-order valence-corrected chi connectivity index (χ0v) is 13.6. The number of ether oxygens (including phenoxy) is 1. The maximum atomic E-state index is 9.58. The van der Waals surface area contributed by atoms with Gasteiger partial charge in [0.05, 0.1) is 24.9 Å². The Labute approximate surface area is 119 Å². The van der Waals surface area contributed by atoms with Crippen molar-refractivity contribution in [3.8, 4) is 0 Å². The molecule has 0 amide bonds. The summed E-state index contributed by atoms with van der Waals surface area (Å²) >= 11 is 0.